The maximum Gasteiger partial charge on any atom is 0.352 e. The minimum absolute atomic E-state index is 0.0776. The number of thioether (sulfide) groups is 3. The highest BCUT2D eigenvalue weighted by Crippen LogP contribution is 2.42. The molecule has 184 valence electrons. The quantitative estimate of drug-likeness (QED) is 0.325. The molecule has 0 saturated carbocycles. The lowest BCUT2D eigenvalue weighted by Gasteiger charge is -2.49. The van der Waals surface area contributed by atoms with Gasteiger partial charge >= 0.3 is 5.97 Å². The molecule has 3 amide bonds. The molecule has 2 aliphatic heterocycles. The molecule has 0 aliphatic carbocycles. The van der Waals surface area contributed by atoms with Crippen LogP contribution in [0.3, 0.4) is 0 Å². The van der Waals surface area contributed by atoms with Gasteiger partial charge in [0.05, 0.1) is 0 Å². The number of fused-ring (bicyclic) bond motifs is 1. The molecule has 35 heavy (non-hydrogen) atoms. The van der Waals surface area contributed by atoms with Gasteiger partial charge in [0.2, 0.25) is 11.1 Å². The number of nitrogens with zero attached hydrogens (tertiary/aromatic N) is 5. The fourth-order valence-corrected chi connectivity index (χ4v) is 6.72. The van der Waals surface area contributed by atoms with Crippen molar-refractivity contribution in [2.24, 2.45) is 7.05 Å². The van der Waals surface area contributed by atoms with Crippen molar-refractivity contribution in [1.29, 1.82) is 0 Å². The molecule has 3 heterocycles. The molecule has 3 unspecified atom stereocenters. The molecule has 0 radical (unpaired) electrons. The maximum atomic E-state index is 13.1. The van der Waals surface area contributed by atoms with E-state index in [2.05, 4.69) is 26.2 Å². The van der Waals surface area contributed by atoms with Crippen LogP contribution in [0.4, 0.5) is 4.79 Å². The van der Waals surface area contributed by atoms with Crippen molar-refractivity contribution in [3.05, 3.63) is 47.2 Å². The lowest BCUT2D eigenvalue weighted by Crippen LogP contribution is -2.70. The Morgan fingerprint density at radius 1 is 1.29 bits per heavy atom. The summed E-state index contributed by atoms with van der Waals surface area (Å²) in [5.41, 5.74) is 1.11. The SMILES string of the molecule is CNC(=O)SC(C(=O)NC1C(=O)N2C(C(=O)O)=C(CSc3nnnn3C)CSC12)c1ccccc1. The average molecular weight is 536 g/mol. The Bertz CT molecular complexity index is 1190. The zero-order chi connectivity index (χ0) is 25.1. The van der Waals surface area contributed by atoms with Crippen LogP contribution in [-0.2, 0) is 21.4 Å². The van der Waals surface area contributed by atoms with E-state index >= 15 is 0 Å². The topological polar surface area (TPSA) is 159 Å². The van der Waals surface area contributed by atoms with E-state index in [1.807, 2.05) is 0 Å². The van der Waals surface area contributed by atoms with Crippen LogP contribution in [0.25, 0.3) is 0 Å². The number of carbonyl (C=O) groups is 4. The van der Waals surface area contributed by atoms with Crippen molar-refractivity contribution in [2.45, 2.75) is 21.8 Å². The van der Waals surface area contributed by atoms with E-state index in [-0.39, 0.29) is 10.9 Å². The van der Waals surface area contributed by atoms with Crippen molar-refractivity contribution in [3.63, 3.8) is 0 Å². The Morgan fingerprint density at radius 3 is 2.66 bits per heavy atom. The smallest absolute Gasteiger partial charge is 0.352 e. The summed E-state index contributed by atoms with van der Waals surface area (Å²) in [5, 5.41) is 24.9. The average Bonchev–Trinajstić information content (AvgIpc) is 3.28. The lowest BCUT2D eigenvalue weighted by molar-refractivity contribution is -0.150. The summed E-state index contributed by atoms with van der Waals surface area (Å²) in [6, 6.07) is 7.88. The summed E-state index contributed by atoms with van der Waals surface area (Å²) >= 11 is 3.46. The van der Waals surface area contributed by atoms with E-state index in [9.17, 15) is 24.3 Å². The van der Waals surface area contributed by atoms with Crippen molar-refractivity contribution in [1.82, 2.24) is 35.7 Å². The van der Waals surface area contributed by atoms with Gasteiger partial charge in [-0.15, -0.1) is 16.9 Å². The number of carbonyl (C=O) groups excluding carboxylic acids is 3. The number of rotatable bonds is 8. The summed E-state index contributed by atoms with van der Waals surface area (Å²) in [6.07, 6.45) is 0. The Hall–Kier alpha value is -3.04. The Morgan fingerprint density at radius 2 is 2.03 bits per heavy atom. The number of hydrogen-bond acceptors (Lipinski definition) is 10. The van der Waals surface area contributed by atoms with Gasteiger partial charge in [0.25, 0.3) is 11.1 Å². The molecule has 1 fully saturated rings. The molecule has 1 saturated heterocycles. The second-order valence-electron chi connectivity index (χ2n) is 7.47. The highest BCUT2D eigenvalue weighted by atomic mass is 32.2. The number of carboxylic acids is 1. The molecule has 4 rings (SSSR count). The number of benzene rings is 1. The number of aliphatic carboxylic acids is 1. The first-order valence-electron chi connectivity index (χ1n) is 10.3. The third kappa shape index (κ3) is 5.16. The zero-order valence-electron chi connectivity index (χ0n) is 18.6. The minimum atomic E-state index is -1.21. The number of aromatic nitrogens is 4. The minimum Gasteiger partial charge on any atom is -0.477 e. The number of β-lactam (4-membered cyclic amide) rings is 1. The molecule has 3 N–H and O–H groups in total. The van der Waals surface area contributed by atoms with E-state index in [0.29, 0.717) is 27.8 Å². The highest BCUT2D eigenvalue weighted by molar-refractivity contribution is 8.14. The third-order valence-electron chi connectivity index (χ3n) is 5.27. The largest absolute Gasteiger partial charge is 0.477 e. The normalized spacial score (nSPS) is 20.1. The number of tetrazole rings is 1. The van der Waals surface area contributed by atoms with Gasteiger partial charge in [-0.1, -0.05) is 42.1 Å². The molecular weight excluding hydrogens is 514 g/mol. The van der Waals surface area contributed by atoms with Crippen molar-refractivity contribution >= 4 is 58.3 Å². The molecule has 12 nitrogen and oxygen atoms in total. The van der Waals surface area contributed by atoms with Gasteiger partial charge < -0.3 is 15.7 Å². The molecule has 2 aliphatic rings. The van der Waals surface area contributed by atoms with Crippen molar-refractivity contribution in [3.8, 4) is 0 Å². The number of hydrogen-bond donors (Lipinski definition) is 3. The first-order valence-corrected chi connectivity index (χ1v) is 13.2. The van der Waals surface area contributed by atoms with Gasteiger partial charge in [-0.05, 0) is 33.3 Å². The third-order valence-corrected chi connectivity index (χ3v) is 8.85. The van der Waals surface area contributed by atoms with E-state index in [1.54, 1.807) is 37.4 Å². The Balaban J connectivity index is 1.49. The fraction of sp³-hybridized carbons (Fsp3) is 0.350. The van der Waals surface area contributed by atoms with Gasteiger partial charge in [0, 0.05) is 25.6 Å². The molecule has 1 aromatic heterocycles. The molecule has 1 aromatic carbocycles. The van der Waals surface area contributed by atoms with Crippen LogP contribution in [0.5, 0.6) is 0 Å². The predicted octanol–water partition coefficient (Wildman–Crippen LogP) is 0.855. The highest BCUT2D eigenvalue weighted by Gasteiger charge is 2.54. The van der Waals surface area contributed by atoms with Crippen molar-refractivity contribution in [2.75, 3.05) is 18.6 Å². The second kappa shape index (κ2) is 10.7. The standard InChI is InChI=1S/C20H21N7O5S3/c1-21-20(32)35-14(10-6-4-3-5-7-10)15(28)22-12-16(29)27-13(18(30)31)11(8-33-17(12)27)9-34-19-23-24-25-26(19)2/h3-7,12,14,17H,8-9H2,1-2H3,(H,21,32)(H,22,28)(H,30,31). The van der Waals surface area contributed by atoms with Crippen molar-refractivity contribution < 1.29 is 24.3 Å². The van der Waals surface area contributed by atoms with Gasteiger partial charge in [-0.3, -0.25) is 19.3 Å². The van der Waals surface area contributed by atoms with Gasteiger partial charge in [0.15, 0.2) is 0 Å². The molecule has 15 heteroatoms. The fourth-order valence-electron chi connectivity index (χ4n) is 3.59. The van der Waals surface area contributed by atoms with Crippen LogP contribution in [0.1, 0.15) is 10.8 Å². The monoisotopic (exact) mass is 535 g/mol. The molecule has 0 spiro atoms. The summed E-state index contributed by atoms with van der Waals surface area (Å²) in [5.74, 6) is -1.55. The Labute approximate surface area is 212 Å². The van der Waals surface area contributed by atoms with E-state index in [1.165, 1.54) is 40.2 Å². The predicted molar refractivity (Wildman–Crippen MR) is 130 cm³/mol. The first-order chi connectivity index (χ1) is 16.8. The van der Waals surface area contributed by atoms with Gasteiger partial charge in [-0.2, -0.15) is 0 Å². The Kier molecular flexibility index (Phi) is 7.66. The van der Waals surface area contributed by atoms with Gasteiger partial charge in [-0.25, -0.2) is 9.48 Å². The molecular formula is C20H21N7O5S3. The summed E-state index contributed by atoms with van der Waals surface area (Å²) in [4.78, 5) is 51.4. The van der Waals surface area contributed by atoms with Crippen LogP contribution < -0.4 is 10.6 Å². The van der Waals surface area contributed by atoms with E-state index < -0.39 is 34.4 Å². The summed E-state index contributed by atoms with van der Waals surface area (Å²) < 4.78 is 1.48. The van der Waals surface area contributed by atoms with E-state index in [0.717, 1.165) is 11.8 Å². The van der Waals surface area contributed by atoms with Crippen LogP contribution in [0.15, 0.2) is 46.8 Å². The van der Waals surface area contributed by atoms with Crippen LogP contribution in [-0.4, -0.2) is 83.2 Å². The molecule has 2 aromatic rings. The maximum absolute atomic E-state index is 13.1. The lowest BCUT2D eigenvalue weighted by atomic mass is 10.0. The number of amides is 3. The number of nitrogens with one attached hydrogen (secondary N) is 2. The number of aryl methyl sites for hydroxylation is 1. The van der Waals surface area contributed by atoms with Crippen LogP contribution in [0, 0.1) is 0 Å². The summed E-state index contributed by atoms with van der Waals surface area (Å²) in [6.45, 7) is 0. The molecule has 0 bridgehead atoms. The number of carboxylic acid groups (broad SMARTS) is 1. The first kappa shape index (κ1) is 25.1. The van der Waals surface area contributed by atoms with Gasteiger partial charge in [0.1, 0.15) is 22.4 Å². The second-order valence-corrected chi connectivity index (χ2v) is 10.6. The van der Waals surface area contributed by atoms with E-state index in [4.69, 9.17) is 0 Å². The molecule has 3 atom stereocenters. The van der Waals surface area contributed by atoms with Crippen LogP contribution >= 0.6 is 35.3 Å². The zero-order valence-corrected chi connectivity index (χ0v) is 21.0. The summed E-state index contributed by atoms with van der Waals surface area (Å²) in [7, 11) is 3.15. The van der Waals surface area contributed by atoms with Crippen LogP contribution in [0.2, 0.25) is 0 Å².